The van der Waals surface area contributed by atoms with Crippen molar-refractivity contribution < 1.29 is 23.3 Å². The number of oxime groups is 2. The molecule has 0 bridgehead atoms. The second kappa shape index (κ2) is 12.3. The quantitative estimate of drug-likeness (QED) is 0.383. The minimum absolute atomic E-state index is 0.000638. The topological polar surface area (TPSA) is 85.2 Å². The van der Waals surface area contributed by atoms with Gasteiger partial charge in [0.2, 0.25) is 0 Å². The van der Waals surface area contributed by atoms with Crippen LogP contribution in [-0.2, 0) is 21.1 Å². The fourth-order valence-corrected chi connectivity index (χ4v) is 3.34. The van der Waals surface area contributed by atoms with Crippen LogP contribution in [0.4, 0.5) is 8.78 Å². The standard InChI is InChI=1S/C19H18Cl2F2N4O3S/c1-11(7-8-14-16(20)18(21)27-31-14)25-30-10-12-5-3-4-6-13(12)17(26-29-2)19(28)24-9-15(22)23/h3-8,15H,9-10H2,1-2H3,(H,24,28)/b8-7+,25-11+,26-17+. The molecule has 0 aliphatic carbocycles. The number of amides is 1. The van der Waals surface area contributed by atoms with E-state index in [0.717, 1.165) is 11.5 Å². The fraction of sp³-hybridized carbons (Fsp3) is 0.263. The number of rotatable bonds is 10. The van der Waals surface area contributed by atoms with Crippen molar-refractivity contribution >= 4 is 58.1 Å². The van der Waals surface area contributed by atoms with Crippen molar-refractivity contribution in [3.63, 3.8) is 0 Å². The van der Waals surface area contributed by atoms with Gasteiger partial charge in [-0.2, -0.15) is 4.37 Å². The Morgan fingerprint density at radius 3 is 2.71 bits per heavy atom. The third-order valence-electron chi connectivity index (χ3n) is 3.61. The van der Waals surface area contributed by atoms with Crippen molar-refractivity contribution in [3.05, 3.63) is 56.5 Å². The van der Waals surface area contributed by atoms with E-state index < -0.39 is 18.9 Å². The smallest absolute Gasteiger partial charge is 0.274 e. The first-order valence-electron chi connectivity index (χ1n) is 8.74. The number of carbonyl (C=O) groups excluding carboxylic acids is 1. The molecule has 0 unspecified atom stereocenters. The molecular formula is C19H18Cl2F2N4O3S. The van der Waals surface area contributed by atoms with E-state index in [9.17, 15) is 13.6 Å². The second-order valence-corrected chi connectivity index (χ2v) is 7.41. The van der Waals surface area contributed by atoms with E-state index in [1.54, 1.807) is 43.3 Å². The molecule has 2 rings (SSSR count). The predicted molar refractivity (Wildman–Crippen MR) is 118 cm³/mol. The summed E-state index contributed by atoms with van der Waals surface area (Å²) in [6.45, 7) is 0.916. The van der Waals surface area contributed by atoms with Crippen LogP contribution in [0.3, 0.4) is 0 Å². The van der Waals surface area contributed by atoms with Crippen LogP contribution in [-0.4, -0.2) is 41.8 Å². The Morgan fingerprint density at radius 1 is 1.32 bits per heavy atom. The average molecular weight is 491 g/mol. The monoisotopic (exact) mass is 490 g/mol. The zero-order chi connectivity index (χ0) is 22.8. The first-order valence-corrected chi connectivity index (χ1v) is 10.3. The van der Waals surface area contributed by atoms with Gasteiger partial charge in [-0.05, 0) is 30.6 Å². The largest absolute Gasteiger partial charge is 0.398 e. The molecule has 12 heteroatoms. The Kier molecular flexibility index (Phi) is 9.83. The molecule has 31 heavy (non-hydrogen) atoms. The van der Waals surface area contributed by atoms with E-state index in [2.05, 4.69) is 20.0 Å². The van der Waals surface area contributed by atoms with Crippen LogP contribution in [0.5, 0.6) is 0 Å². The van der Waals surface area contributed by atoms with Gasteiger partial charge in [0, 0.05) is 11.1 Å². The Balaban J connectivity index is 2.10. The number of carbonyl (C=O) groups is 1. The summed E-state index contributed by atoms with van der Waals surface area (Å²) in [5.74, 6) is -0.794. The molecule has 1 heterocycles. The van der Waals surface area contributed by atoms with Gasteiger partial charge >= 0.3 is 0 Å². The van der Waals surface area contributed by atoms with Crippen LogP contribution in [0, 0.1) is 0 Å². The van der Waals surface area contributed by atoms with Crippen LogP contribution in [0.2, 0.25) is 10.2 Å². The lowest BCUT2D eigenvalue weighted by molar-refractivity contribution is -0.115. The van der Waals surface area contributed by atoms with Crippen LogP contribution in [0.25, 0.3) is 6.08 Å². The zero-order valence-electron chi connectivity index (χ0n) is 16.4. The molecule has 1 amide bonds. The first-order chi connectivity index (χ1) is 14.8. The molecule has 0 saturated carbocycles. The predicted octanol–water partition coefficient (Wildman–Crippen LogP) is 4.79. The van der Waals surface area contributed by atoms with Gasteiger partial charge in [0.05, 0.1) is 22.2 Å². The Bertz CT molecular complexity index is 996. The Labute approximate surface area is 191 Å². The highest BCUT2D eigenvalue weighted by Gasteiger charge is 2.19. The lowest BCUT2D eigenvalue weighted by Gasteiger charge is -2.11. The molecular weight excluding hydrogens is 473 g/mol. The number of hydrogen-bond acceptors (Lipinski definition) is 7. The highest BCUT2D eigenvalue weighted by molar-refractivity contribution is 7.08. The number of allylic oxidation sites excluding steroid dienone is 1. The molecule has 0 spiro atoms. The molecule has 1 aromatic carbocycles. The van der Waals surface area contributed by atoms with Crippen LogP contribution < -0.4 is 5.32 Å². The van der Waals surface area contributed by atoms with Gasteiger partial charge in [-0.3, -0.25) is 4.79 Å². The molecule has 1 N–H and O–H groups in total. The molecule has 0 radical (unpaired) electrons. The molecule has 1 aromatic heterocycles. The molecule has 2 aromatic rings. The zero-order valence-corrected chi connectivity index (χ0v) is 18.8. The summed E-state index contributed by atoms with van der Waals surface area (Å²) in [6, 6.07) is 6.70. The van der Waals surface area contributed by atoms with Crippen LogP contribution >= 0.6 is 34.7 Å². The van der Waals surface area contributed by atoms with Gasteiger partial charge in [0.15, 0.2) is 10.9 Å². The van der Waals surface area contributed by atoms with Gasteiger partial charge in [-0.15, -0.1) is 0 Å². The van der Waals surface area contributed by atoms with Gasteiger partial charge < -0.3 is 15.0 Å². The maximum atomic E-state index is 12.4. The summed E-state index contributed by atoms with van der Waals surface area (Å²) >= 11 is 13.0. The first kappa shape index (κ1) is 24.7. The molecule has 0 saturated heterocycles. The molecule has 7 nitrogen and oxygen atoms in total. The number of halogens is 4. The van der Waals surface area contributed by atoms with Crippen molar-refractivity contribution in [1.82, 2.24) is 9.69 Å². The number of aromatic nitrogens is 1. The molecule has 0 atom stereocenters. The molecule has 0 fully saturated rings. The molecule has 0 aliphatic heterocycles. The third kappa shape index (κ3) is 7.57. The number of hydrogen-bond donors (Lipinski definition) is 1. The van der Waals surface area contributed by atoms with Crippen LogP contribution in [0.15, 0.2) is 40.7 Å². The van der Waals surface area contributed by atoms with E-state index in [4.69, 9.17) is 32.9 Å². The van der Waals surface area contributed by atoms with Crippen molar-refractivity contribution in [1.29, 1.82) is 0 Å². The summed E-state index contributed by atoms with van der Waals surface area (Å²) in [5.41, 5.74) is 1.31. The number of alkyl halides is 2. The Morgan fingerprint density at radius 2 is 2.06 bits per heavy atom. The Hall–Kier alpha value is -2.56. The van der Waals surface area contributed by atoms with E-state index in [-0.39, 0.29) is 17.5 Å². The summed E-state index contributed by atoms with van der Waals surface area (Å²) in [7, 11) is 1.25. The van der Waals surface area contributed by atoms with Crippen molar-refractivity contribution in [2.24, 2.45) is 10.3 Å². The molecule has 0 aliphatic rings. The number of benzene rings is 1. The maximum Gasteiger partial charge on any atom is 0.274 e. The van der Waals surface area contributed by atoms with E-state index in [0.29, 0.717) is 26.7 Å². The normalized spacial score (nSPS) is 12.5. The summed E-state index contributed by atoms with van der Waals surface area (Å²) in [6.07, 6.45) is 0.697. The fourth-order valence-electron chi connectivity index (χ4n) is 2.24. The van der Waals surface area contributed by atoms with Crippen LogP contribution in [0.1, 0.15) is 22.9 Å². The lowest BCUT2D eigenvalue weighted by Crippen LogP contribution is -2.35. The van der Waals surface area contributed by atoms with E-state index in [1.165, 1.54) is 7.11 Å². The van der Waals surface area contributed by atoms with Crippen molar-refractivity contribution in [3.8, 4) is 0 Å². The minimum Gasteiger partial charge on any atom is -0.398 e. The number of nitrogens with zero attached hydrogens (tertiary/aromatic N) is 3. The highest BCUT2D eigenvalue weighted by atomic mass is 35.5. The highest BCUT2D eigenvalue weighted by Crippen LogP contribution is 2.29. The maximum absolute atomic E-state index is 12.4. The SMILES string of the molecule is CO/N=C(/C(=O)NCC(F)F)c1ccccc1CO/N=C(C)/C=C/c1snc(Cl)c1Cl. The van der Waals surface area contributed by atoms with Gasteiger partial charge in [-0.25, -0.2) is 8.78 Å². The van der Waals surface area contributed by atoms with Crippen molar-refractivity contribution in [2.45, 2.75) is 20.0 Å². The van der Waals surface area contributed by atoms with Gasteiger partial charge in [0.25, 0.3) is 12.3 Å². The second-order valence-electron chi connectivity index (χ2n) is 5.87. The van der Waals surface area contributed by atoms with Gasteiger partial charge in [0.1, 0.15) is 13.7 Å². The lowest BCUT2D eigenvalue weighted by atomic mass is 10.0. The number of nitrogens with one attached hydrogen (secondary N) is 1. The van der Waals surface area contributed by atoms with Crippen molar-refractivity contribution in [2.75, 3.05) is 13.7 Å². The molecule has 166 valence electrons. The summed E-state index contributed by atoms with van der Waals surface area (Å²) in [5, 5.41) is 10.4. The summed E-state index contributed by atoms with van der Waals surface area (Å²) in [4.78, 5) is 23.0. The minimum atomic E-state index is -2.69. The average Bonchev–Trinajstić information content (AvgIpc) is 3.07. The van der Waals surface area contributed by atoms with Gasteiger partial charge in [-0.1, -0.05) is 57.8 Å². The van der Waals surface area contributed by atoms with E-state index >= 15 is 0 Å². The third-order valence-corrected chi connectivity index (χ3v) is 5.39. The summed E-state index contributed by atoms with van der Waals surface area (Å²) < 4.78 is 28.8. The van der Waals surface area contributed by atoms with E-state index in [1.807, 2.05) is 0 Å².